The summed E-state index contributed by atoms with van der Waals surface area (Å²) >= 11 is 6.02. The highest BCUT2D eigenvalue weighted by atomic mass is 35.5. The Labute approximate surface area is 210 Å². The Morgan fingerprint density at radius 2 is 1.66 bits per heavy atom. The van der Waals surface area contributed by atoms with E-state index in [2.05, 4.69) is 10.6 Å². The van der Waals surface area contributed by atoms with Crippen molar-refractivity contribution in [2.75, 3.05) is 17.2 Å². The van der Waals surface area contributed by atoms with Crippen molar-refractivity contribution in [3.05, 3.63) is 88.9 Å². The van der Waals surface area contributed by atoms with Crippen LogP contribution in [0.15, 0.2) is 77.7 Å². The maximum absolute atomic E-state index is 13.7. The standard InChI is InChI=1S/C26H26ClN3O4S/c1-2-25(31)28-20-10-12-22(13-11-20)35(33,34)30-15-14-18-6-3-4-9-23(18)24(30)17-26(32)29-21-8-5-7-19(27)16-21/h3-13,16,24H,2,14-15,17H2,1H3,(H,28,31)(H,29,32)/t24-/m0/s1. The summed E-state index contributed by atoms with van der Waals surface area (Å²) in [6.07, 6.45) is 0.825. The first-order valence-corrected chi connectivity index (χ1v) is 13.1. The van der Waals surface area contributed by atoms with E-state index in [1.807, 2.05) is 24.3 Å². The van der Waals surface area contributed by atoms with Crippen molar-refractivity contribution < 1.29 is 18.0 Å². The number of benzene rings is 3. The van der Waals surface area contributed by atoms with Crippen LogP contribution in [0, 0.1) is 0 Å². The molecule has 1 aliphatic heterocycles. The van der Waals surface area contributed by atoms with E-state index in [-0.39, 0.29) is 29.7 Å². The van der Waals surface area contributed by atoms with Crippen molar-refractivity contribution in [1.29, 1.82) is 0 Å². The van der Waals surface area contributed by atoms with Crippen molar-refractivity contribution in [3.8, 4) is 0 Å². The van der Waals surface area contributed by atoms with Crippen LogP contribution in [-0.4, -0.2) is 31.1 Å². The van der Waals surface area contributed by atoms with Crippen LogP contribution in [-0.2, 0) is 26.0 Å². The van der Waals surface area contributed by atoms with Gasteiger partial charge in [-0.1, -0.05) is 48.9 Å². The minimum absolute atomic E-state index is 0.0482. The second-order valence-corrected chi connectivity index (χ2v) is 10.6. The number of amides is 2. The van der Waals surface area contributed by atoms with Crippen LogP contribution in [0.25, 0.3) is 0 Å². The van der Waals surface area contributed by atoms with E-state index >= 15 is 0 Å². The van der Waals surface area contributed by atoms with Crippen LogP contribution in [0.1, 0.15) is 36.9 Å². The number of nitrogens with one attached hydrogen (secondary N) is 2. The van der Waals surface area contributed by atoms with Gasteiger partial charge in [0.15, 0.2) is 0 Å². The maximum atomic E-state index is 13.7. The van der Waals surface area contributed by atoms with Gasteiger partial charge in [0.25, 0.3) is 0 Å². The lowest BCUT2D eigenvalue weighted by Crippen LogP contribution is -2.41. The first-order valence-electron chi connectivity index (χ1n) is 11.3. The molecule has 0 bridgehead atoms. The van der Waals surface area contributed by atoms with Crippen molar-refractivity contribution >= 4 is 44.8 Å². The zero-order valence-corrected chi connectivity index (χ0v) is 20.8. The van der Waals surface area contributed by atoms with Gasteiger partial charge in [-0.3, -0.25) is 9.59 Å². The molecule has 3 aromatic carbocycles. The molecule has 4 rings (SSSR count). The zero-order chi connectivity index (χ0) is 25.0. The molecule has 7 nitrogen and oxygen atoms in total. The van der Waals surface area contributed by atoms with E-state index in [1.54, 1.807) is 43.3 Å². The average molecular weight is 512 g/mol. The highest BCUT2D eigenvalue weighted by Gasteiger charge is 2.37. The second kappa shape index (κ2) is 10.6. The topological polar surface area (TPSA) is 95.6 Å². The van der Waals surface area contributed by atoms with Crippen LogP contribution in [0.5, 0.6) is 0 Å². The van der Waals surface area contributed by atoms with Gasteiger partial charge in [-0.15, -0.1) is 0 Å². The molecule has 182 valence electrons. The van der Waals surface area contributed by atoms with E-state index in [9.17, 15) is 18.0 Å². The number of rotatable bonds is 7. The lowest BCUT2D eigenvalue weighted by atomic mass is 9.92. The highest BCUT2D eigenvalue weighted by molar-refractivity contribution is 7.89. The summed E-state index contributed by atoms with van der Waals surface area (Å²) in [5.74, 6) is -0.467. The van der Waals surface area contributed by atoms with Gasteiger partial charge in [0.2, 0.25) is 21.8 Å². The molecule has 0 saturated heterocycles. The summed E-state index contributed by atoms with van der Waals surface area (Å²) in [7, 11) is -3.91. The predicted molar refractivity (Wildman–Crippen MR) is 137 cm³/mol. The van der Waals surface area contributed by atoms with Gasteiger partial charge >= 0.3 is 0 Å². The summed E-state index contributed by atoms with van der Waals surface area (Å²) < 4.78 is 28.7. The Bertz CT molecular complexity index is 1340. The van der Waals surface area contributed by atoms with Crippen molar-refractivity contribution in [1.82, 2.24) is 4.31 Å². The first kappa shape index (κ1) is 24.9. The van der Waals surface area contributed by atoms with Crippen LogP contribution < -0.4 is 10.6 Å². The minimum atomic E-state index is -3.91. The molecule has 1 aliphatic rings. The summed E-state index contributed by atoms with van der Waals surface area (Å²) in [4.78, 5) is 24.7. The van der Waals surface area contributed by atoms with E-state index in [4.69, 9.17) is 11.6 Å². The number of fused-ring (bicyclic) bond motifs is 1. The fraction of sp³-hybridized carbons (Fsp3) is 0.231. The molecule has 0 fully saturated rings. The first-order chi connectivity index (χ1) is 16.8. The second-order valence-electron chi connectivity index (χ2n) is 8.27. The van der Waals surface area contributed by atoms with E-state index in [1.165, 1.54) is 16.4 Å². The Morgan fingerprint density at radius 1 is 0.943 bits per heavy atom. The van der Waals surface area contributed by atoms with Crippen molar-refractivity contribution in [2.45, 2.75) is 37.1 Å². The van der Waals surface area contributed by atoms with Crippen LogP contribution in [0.2, 0.25) is 5.02 Å². The van der Waals surface area contributed by atoms with Crippen LogP contribution in [0.3, 0.4) is 0 Å². The lowest BCUT2D eigenvalue weighted by Gasteiger charge is -2.36. The van der Waals surface area contributed by atoms with Crippen LogP contribution >= 0.6 is 11.6 Å². The lowest BCUT2D eigenvalue weighted by molar-refractivity contribution is -0.117. The molecule has 0 aromatic heterocycles. The number of hydrogen-bond acceptors (Lipinski definition) is 4. The number of carbonyl (C=O) groups is 2. The molecule has 1 heterocycles. The van der Waals surface area contributed by atoms with Gasteiger partial charge in [0, 0.05) is 35.8 Å². The largest absolute Gasteiger partial charge is 0.326 e. The van der Waals surface area contributed by atoms with Gasteiger partial charge in [0.05, 0.1) is 10.9 Å². The zero-order valence-electron chi connectivity index (χ0n) is 19.2. The SMILES string of the molecule is CCC(=O)Nc1ccc(S(=O)(=O)N2CCc3ccccc3[C@@H]2CC(=O)Nc2cccc(Cl)c2)cc1. The molecular weight excluding hydrogens is 486 g/mol. The highest BCUT2D eigenvalue weighted by Crippen LogP contribution is 2.36. The quantitative estimate of drug-likeness (QED) is 0.466. The summed E-state index contributed by atoms with van der Waals surface area (Å²) in [5.41, 5.74) is 2.91. The van der Waals surface area contributed by atoms with E-state index in [0.29, 0.717) is 29.2 Å². The number of halogens is 1. The molecule has 3 aromatic rings. The van der Waals surface area contributed by atoms with Crippen molar-refractivity contribution in [3.63, 3.8) is 0 Å². The Balaban J connectivity index is 1.62. The number of sulfonamides is 1. The Morgan fingerprint density at radius 3 is 2.37 bits per heavy atom. The number of anilines is 2. The normalized spacial score (nSPS) is 15.8. The van der Waals surface area contributed by atoms with E-state index in [0.717, 1.165) is 11.1 Å². The number of nitrogens with zero attached hydrogens (tertiary/aromatic N) is 1. The fourth-order valence-corrected chi connectivity index (χ4v) is 5.97. The van der Waals surface area contributed by atoms with Crippen molar-refractivity contribution in [2.24, 2.45) is 0 Å². The predicted octanol–water partition coefficient (Wildman–Crippen LogP) is 5.01. The monoisotopic (exact) mass is 511 g/mol. The summed E-state index contributed by atoms with van der Waals surface area (Å²) in [6, 6.07) is 19.8. The number of carbonyl (C=O) groups excluding carboxylic acids is 2. The van der Waals surface area contributed by atoms with Gasteiger partial charge in [-0.2, -0.15) is 4.31 Å². The smallest absolute Gasteiger partial charge is 0.243 e. The molecular formula is C26H26ClN3O4S. The Hall–Kier alpha value is -3.20. The van der Waals surface area contributed by atoms with Gasteiger partial charge in [-0.05, 0) is 60.0 Å². The third-order valence-corrected chi connectivity index (χ3v) is 8.07. The molecule has 0 unspecified atom stereocenters. The molecule has 35 heavy (non-hydrogen) atoms. The molecule has 0 aliphatic carbocycles. The fourth-order valence-electron chi connectivity index (χ4n) is 4.18. The molecule has 0 spiro atoms. The Kier molecular flexibility index (Phi) is 7.54. The van der Waals surface area contributed by atoms with Gasteiger partial charge < -0.3 is 10.6 Å². The number of hydrogen-bond donors (Lipinski definition) is 2. The molecule has 0 saturated carbocycles. The van der Waals surface area contributed by atoms with Gasteiger partial charge in [0.1, 0.15) is 0 Å². The molecule has 0 radical (unpaired) electrons. The molecule has 9 heteroatoms. The minimum Gasteiger partial charge on any atom is -0.326 e. The third kappa shape index (κ3) is 5.73. The third-order valence-electron chi connectivity index (χ3n) is 5.92. The summed E-state index contributed by atoms with van der Waals surface area (Å²) in [5, 5.41) is 6.03. The average Bonchev–Trinajstić information content (AvgIpc) is 2.84. The van der Waals surface area contributed by atoms with Gasteiger partial charge in [-0.25, -0.2) is 8.42 Å². The molecule has 2 N–H and O–H groups in total. The van der Waals surface area contributed by atoms with E-state index < -0.39 is 16.1 Å². The summed E-state index contributed by atoms with van der Waals surface area (Å²) in [6.45, 7) is 1.99. The van der Waals surface area contributed by atoms with Crippen LogP contribution in [0.4, 0.5) is 11.4 Å². The molecule has 1 atom stereocenters. The maximum Gasteiger partial charge on any atom is 0.243 e. The molecule has 2 amide bonds.